The Labute approximate surface area is 184 Å². The monoisotopic (exact) mass is 447 g/mol. The molecule has 168 valence electrons. The number of anilines is 2. The summed E-state index contributed by atoms with van der Waals surface area (Å²) in [5.41, 5.74) is 3.32. The maximum atomic E-state index is 13.4. The molecular formula is C23H30FN3O3S. The minimum atomic E-state index is -3.66. The molecule has 1 atom stereocenters. The van der Waals surface area contributed by atoms with Gasteiger partial charge < -0.3 is 9.80 Å². The van der Waals surface area contributed by atoms with E-state index in [1.54, 1.807) is 29.2 Å². The highest BCUT2D eigenvalue weighted by atomic mass is 32.2. The fraction of sp³-hybridized carbons (Fsp3) is 0.435. The summed E-state index contributed by atoms with van der Waals surface area (Å²) in [5.74, 6) is -0.471. The van der Waals surface area contributed by atoms with Crippen molar-refractivity contribution in [3.05, 3.63) is 59.4 Å². The number of sulfonamides is 1. The number of hydrogen-bond donors (Lipinski definition) is 0. The summed E-state index contributed by atoms with van der Waals surface area (Å²) in [6, 6.07) is 11.1. The molecule has 0 N–H and O–H groups in total. The summed E-state index contributed by atoms with van der Waals surface area (Å²) >= 11 is 0. The third kappa shape index (κ3) is 5.36. The third-order valence-electron chi connectivity index (χ3n) is 5.56. The molecule has 0 spiro atoms. The smallest absolute Gasteiger partial charge is 0.246 e. The number of carbonyl (C=O) groups is 1. The van der Waals surface area contributed by atoms with Gasteiger partial charge in [0.2, 0.25) is 15.9 Å². The summed E-state index contributed by atoms with van der Waals surface area (Å²) < 4.78 is 39.9. The second-order valence-corrected chi connectivity index (χ2v) is 9.98. The summed E-state index contributed by atoms with van der Waals surface area (Å²) in [6.07, 6.45) is 1.52. The SMILES string of the molecule is CCC(C(=O)N1CCN(c2ccc(F)cc2)CC1)N(c1cc(C)cc(C)c1)S(C)(=O)=O. The van der Waals surface area contributed by atoms with E-state index in [1.807, 2.05) is 26.8 Å². The molecule has 1 aliphatic heterocycles. The van der Waals surface area contributed by atoms with Crippen LogP contribution in [0, 0.1) is 19.7 Å². The third-order valence-corrected chi connectivity index (χ3v) is 6.74. The Morgan fingerprint density at radius 3 is 2.06 bits per heavy atom. The molecule has 3 rings (SSSR count). The maximum absolute atomic E-state index is 13.4. The Bertz CT molecular complexity index is 1010. The second-order valence-electron chi connectivity index (χ2n) is 8.12. The van der Waals surface area contributed by atoms with Gasteiger partial charge in [-0.25, -0.2) is 12.8 Å². The zero-order valence-corrected chi connectivity index (χ0v) is 19.3. The number of amides is 1. The number of benzene rings is 2. The molecule has 1 amide bonds. The van der Waals surface area contributed by atoms with Crippen LogP contribution in [0.25, 0.3) is 0 Å². The number of halogens is 1. The normalized spacial score (nSPS) is 15.6. The number of piperazine rings is 1. The van der Waals surface area contributed by atoms with Gasteiger partial charge in [-0.15, -0.1) is 0 Å². The minimum Gasteiger partial charge on any atom is -0.368 e. The Morgan fingerprint density at radius 1 is 1.03 bits per heavy atom. The number of nitrogens with zero attached hydrogens (tertiary/aromatic N) is 3. The van der Waals surface area contributed by atoms with Crippen LogP contribution in [0.4, 0.5) is 15.8 Å². The molecule has 1 heterocycles. The highest BCUT2D eigenvalue weighted by Gasteiger charge is 2.35. The molecule has 1 saturated heterocycles. The summed E-state index contributed by atoms with van der Waals surface area (Å²) in [5, 5.41) is 0. The van der Waals surface area contributed by atoms with E-state index < -0.39 is 16.1 Å². The van der Waals surface area contributed by atoms with Crippen molar-refractivity contribution in [2.75, 3.05) is 41.6 Å². The van der Waals surface area contributed by atoms with E-state index in [2.05, 4.69) is 4.90 Å². The summed E-state index contributed by atoms with van der Waals surface area (Å²) in [4.78, 5) is 17.2. The highest BCUT2D eigenvalue weighted by Crippen LogP contribution is 2.26. The first-order chi connectivity index (χ1) is 14.6. The molecule has 1 aliphatic rings. The van der Waals surface area contributed by atoms with Crippen LogP contribution in [-0.2, 0) is 14.8 Å². The van der Waals surface area contributed by atoms with Crippen LogP contribution in [0.15, 0.2) is 42.5 Å². The average Bonchev–Trinajstić information content (AvgIpc) is 2.70. The molecule has 0 bridgehead atoms. The fourth-order valence-corrected chi connectivity index (χ4v) is 5.36. The molecule has 1 unspecified atom stereocenters. The van der Waals surface area contributed by atoms with E-state index >= 15 is 0 Å². The van der Waals surface area contributed by atoms with Crippen molar-refractivity contribution in [1.82, 2.24) is 4.90 Å². The molecule has 0 aliphatic carbocycles. The lowest BCUT2D eigenvalue weighted by atomic mass is 10.1. The molecule has 8 heteroatoms. The van der Waals surface area contributed by atoms with Gasteiger partial charge >= 0.3 is 0 Å². The zero-order valence-electron chi connectivity index (χ0n) is 18.5. The van der Waals surface area contributed by atoms with Crippen LogP contribution in [0.2, 0.25) is 0 Å². The van der Waals surface area contributed by atoms with Crippen molar-refractivity contribution in [2.24, 2.45) is 0 Å². The van der Waals surface area contributed by atoms with Gasteiger partial charge in [-0.1, -0.05) is 13.0 Å². The van der Waals surface area contributed by atoms with Crippen LogP contribution >= 0.6 is 0 Å². The van der Waals surface area contributed by atoms with Gasteiger partial charge in [-0.05, 0) is 67.8 Å². The topological polar surface area (TPSA) is 60.9 Å². The first kappa shape index (κ1) is 23.1. The lowest BCUT2D eigenvalue weighted by molar-refractivity contribution is -0.132. The Hall–Kier alpha value is -2.61. The van der Waals surface area contributed by atoms with Crippen molar-refractivity contribution in [1.29, 1.82) is 0 Å². The lowest BCUT2D eigenvalue weighted by Gasteiger charge is -2.39. The predicted molar refractivity (Wildman–Crippen MR) is 123 cm³/mol. The van der Waals surface area contributed by atoms with Gasteiger partial charge in [0.1, 0.15) is 11.9 Å². The molecule has 1 fully saturated rings. The van der Waals surface area contributed by atoms with Crippen molar-refractivity contribution >= 4 is 27.3 Å². The summed E-state index contributed by atoms with van der Waals surface area (Å²) in [7, 11) is -3.66. The molecule has 2 aromatic carbocycles. The number of aryl methyl sites for hydroxylation is 2. The Kier molecular flexibility index (Phi) is 6.89. The molecule has 0 aromatic heterocycles. The van der Waals surface area contributed by atoms with E-state index in [-0.39, 0.29) is 11.7 Å². The largest absolute Gasteiger partial charge is 0.368 e. The van der Waals surface area contributed by atoms with Crippen LogP contribution in [0.1, 0.15) is 24.5 Å². The van der Waals surface area contributed by atoms with Gasteiger partial charge in [0.05, 0.1) is 11.9 Å². The predicted octanol–water partition coefficient (Wildman–Crippen LogP) is 3.34. The van der Waals surface area contributed by atoms with E-state index in [0.29, 0.717) is 38.3 Å². The number of rotatable bonds is 6. The standard InChI is InChI=1S/C23H30FN3O3S/c1-5-22(27(31(4,29)30)21-15-17(2)14-18(3)16-21)23(28)26-12-10-25(11-13-26)20-8-6-19(24)7-9-20/h6-9,14-16,22H,5,10-13H2,1-4H3. The molecule has 2 aromatic rings. The number of hydrogen-bond acceptors (Lipinski definition) is 4. The minimum absolute atomic E-state index is 0.189. The Morgan fingerprint density at radius 2 is 1.58 bits per heavy atom. The second kappa shape index (κ2) is 9.26. The van der Waals surface area contributed by atoms with E-state index in [9.17, 15) is 17.6 Å². The van der Waals surface area contributed by atoms with Gasteiger partial charge in [0.15, 0.2) is 0 Å². The van der Waals surface area contributed by atoms with Crippen molar-refractivity contribution < 1.29 is 17.6 Å². The van der Waals surface area contributed by atoms with Gasteiger partial charge in [-0.2, -0.15) is 0 Å². The molecule has 31 heavy (non-hydrogen) atoms. The van der Waals surface area contributed by atoms with Crippen molar-refractivity contribution in [3.8, 4) is 0 Å². The quantitative estimate of drug-likeness (QED) is 0.682. The van der Waals surface area contributed by atoms with Gasteiger partial charge in [0.25, 0.3) is 0 Å². The molecule has 0 radical (unpaired) electrons. The van der Waals surface area contributed by atoms with Gasteiger partial charge in [-0.3, -0.25) is 9.10 Å². The van der Waals surface area contributed by atoms with Gasteiger partial charge in [0, 0.05) is 31.9 Å². The first-order valence-electron chi connectivity index (χ1n) is 10.5. The van der Waals surface area contributed by atoms with Crippen LogP contribution < -0.4 is 9.21 Å². The number of carbonyl (C=O) groups excluding carboxylic acids is 1. The average molecular weight is 448 g/mol. The van der Waals surface area contributed by atoms with Crippen LogP contribution in [0.3, 0.4) is 0 Å². The van der Waals surface area contributed by atoms with E-state index in [4.69, 9.17) is 0 Å². The molecule has 6 nitrogen and oxygen atoms in total. The molecular weight excluding hydrogens is 417 g/mol. The van der Waals surface area contributed by atoms with E-state index in [0.717, 1.165) is 23.1 Å². The first-order valence-corrected chi connectivity index (χ1v) is 12.3. The van der Waals surface area contributed by atoms with Crippen LogP contribution in [-0.4, -0.2) is 57.7 Å². The highest BCUT2D eigenvalue weighted by molar-refractivity contribution is 7.92. The maximum Gasteiger partial charge on any atom is 0.246 e. The Balaban J connectivity index is 1.80. The van der Waals surface area contributed by atoms with E-state index in [1.165, 1.54) is 16.4 Å². The summed E-state index contributed by atoms with van der Waals surface area (Å²) in [6.45, 7) is 7.84. The van der Waals surface area contributed by atoms with Crippen molar-refractivity contribution in [2.45, 2.75) is 33.2 Å². The lowest BCUT2D eigenvalue weighted by Crippen LogP contribution is -2.56. The zero-order chi connectivity index (χ0) is 22.8. The van der Waals surface area contributed by atoms with Crippen molar-refractivity contribution in [3.63, 3.8) is 0 Å². The molecule has 0 saturated carbocycles. The fourth-order valence-electron chi connectivity index (χ4n) is 4.17. The van der Waals surface area contributed by atoms with Crippen LogP contribution in [0.5, 0.6) is 0 Å².